The largest absolute Gasteiger partial charge is 0.495 e. The van der Waals surface area contributed by atoms with Gasteiger partial charge in [0.15, 0.2) is 6.19 Å². The number of sulfonamides is 1. The van der Waals surface area contributed by atoms with Gasteiger partial charge in [-0.1, -0.05) is 39.7 Å². The van der Waals surface area contributed by atoms with Crippen molar-refractivity contribution in [2.75, 3.05) is 20.2 Å². The Labute approximate surface area is 178 Å². The van der Waals surface area contributed by atoms with E-state index in [1.807, 2.05) is 24.3 Å². The van der Waals surface area contributed by atoms with E-state index < -0.39 is 10.0 Å². The Morgan fingerprint density at radius 2 is 2.04 bits per heavy atom. The van der Waals surface area contributed by atoms with Crippen molar-refractivity contribution in [2.24, 2.45) is 0 Å². The molecule has 1 fully saturated rings. The van der Waals surface area contributed by atoms with Crippen molar-refractivity contribution in [1.29, 1.82) is 5.26 Å². The van der Waals surface area contributed by atoms with Crippen LogP contribution in [0.1, 0.15) is 12.0 Å². The fraction of sp³-hybridized carbons (Fsp3) is 0.316. The Kier molecular flexibility index (Phi) is 6.50. The number of halogens is 2. The molecule has 0 bridgehead atoms. The minimum absolute atomic E-state index is 0.0232. The second-order valence-electron chi connectivity index (χ2n) is 6.46. The quantitative estimate of drug-likeness (QED) is 0.582. The Bertz CT molecular complexity index is 992. The predicted molar refractivity (Wildman–Crippen MR) is 110 cm³/mol. The molecule has 0 radical (unpaired) electrons. The summed E-state index contributed by atoms with van der Waals surface area (Å²) >= 11 is 9.46. The lowest BCUT2D eigenvalue weighted by atomic mass is 10.2. The molecule has 0 saturated carbocycles. The first-order chi connectivity index (χ1) is 13.3. The smallest absolute Gasteiger partial charge is 0.247 e. The van der Waals surface area contributed by atoms with Gasteiger partial charge >= 0.3 is 0 Å². The van der Waals surface area contributed by atoms with Crippen molar-refractivity contribution in [3.63, 3.8) is 0 Å². The summed E-state index contributed by atoms with van der Waals surface area (Å²) in [4.78, 5) is 1.60. The highest BCUT2D eigenvalue weighted by molar-refractivity contribution is 9.10. The van der Waals surface area contributed by atoms with Gasteiger partial charge in [0.2, 0.25) is 10.0 Å². The molecule has 0 amide bonds. The number of hydrogen-bond donors (Lipinski definition) is 0. The first-order valence-corrected chi connectivity index (χ1v) is 11.2. The maximum absolute atomic E-state index is 13.6. The zero-order chi connectivity index (χ0) is 20.3. The molecule has 1 heterocycles. The van der Waals surface area contributed by atoms with Crippen molar-refractivity contribution in [2.45, 2.75) is 23.9 Å². The van der Waals surface area contributed by atoms with Crippen molar-refractivity contribution >= 4 is 37.6 Å². The summed E-state index contributed by atoms with van der Waals surface area (Å²) in [7, 11) is -2.49. The van der Waals surface area contributed by atoms with Crippen LogP contribution in [0.25, 0.3) is 0 Å². The topological polar surface area (TPSA) is 73.6 Å². The summed E-state index contributed by atoms with van der Waals surface area (Å²) < 4.78 is 34.8. The zero-order valence-electron chi connectivity index (χ0n) is 15.2. The second-order valence-corrected chi connectivity index (χ2v) is 9.67. The van der Waals surface area contributed by atoms with Crippen molar-refractivity contribution in [1.82, 2.24) is 9.21 Å². The minimum atomic E-state index is -3.91. The summed E-state index contributed by atoms with van der Waals surface area (Å²) in [6.45, 7) is 1.07. The van der Waals surface area contributed by atoms with Crippen LogP contribution in [0.2, 0.25) is 5.02 Å². The third kappa shape index (κ3) is 4.44. The molecule has 0 spiro atoms. The molecule has 2 aromatic rings. The SMILES string of the molecule is COc1ccc(Cl)cc1S(=O)(=O)N(Cc1ccc(Br)cc1)[C@@H]1CCN(C#N)C1. The van der Waals surface area contributed by atoms with E-state index in [0.717, 1.165) is 10.0 Å². The minimum Gasteiger partial charge on any atom is -0.495 e. The van der Waals surface area contributed by atoms with Crippen LogP contribution < -0.4 is 4.74 Å². The third-order valence-electron chi connectivity index (χ3n) is 4.68. The molecule has 2 aromatic carbocycles. The van der Waals surface area contributed by atoms with Crippen molar-refractivity contribution in [3.05, 3.63) is 57.5 Å². The van der Waals surface area contributed by atoms with Gasteiger partial charge in [0.25, 0.3) is 0 Å². The standard InChI is InChI=1S/C19H19BrClN3O3S/c1-27-18-7-6-16(21)10-19(18)28(25,26)24(17-8-9-23(12-17)13-22)11-14-2-4-15(20)5-3-14/h2-7,10,17H,8-9,11-12H2,1H3/t17-/m1/s1. The van der Waals surface area contributed by atoms with E-state index in [2.05, 4.69) is 22.1 Å². The molecule has 1 saturated heterocycles. The molecule has 6 nitrogen and oxygen atoms in total. The van der Waals surface area contributed by atoms with Crippen LogP contribution in [0, 0.1) is 11.5 Å². The Balaban J connectivity index is 2.03. The molecule has 0 aromatic heterocycles. The summed E-state index contributed by atoms with van der Waals surface area (Å²) in [5.74, 6) is 0.236. The maximum atomic E-state index is 13.6. The number of rotatable bonds is 6. The Morgan fingerprint density at radius 3 is 2.64 bits per heavy atom. The van der Waals surface area contributed by atoms with E-state index in [4.69, 9.17) is 16.3 Å². The number of benzene rings is 2. The van der Waals surface area contributed by atoms with E-state index in [9.17, 15) is 13.7 Å². The lowest BCUT2D eigenvalue weighted by molar-refractivity contribution is 0.312. The number of ether oxygens (including phenoxy) is 1. The lowest BCUT2D eigenvalue weighted by Crippen LogP contribution is -2.41. The van der Waals surface area contributed by atoms with E-state index in [-0.39, 0.29) is 23.2 Å². The molecule has 1 atom stereocenters. The molecule has 28 heavy (non-hydrogen) atoms. The molecule has 9 heteroatoms. The van der Waals surface area contributed by atoms with Crippen LogP contribution in [-0.4, -0.2) is 43.9 Å². The normalized spacial score (nSPS) is 17.0. The van der Waals surface area contributed by atoms with Gasteiger partial charge in [-0.25, -0.2) is 8.42 Å². The molecular formula is C19H19BrClN3O3S. The maximum Gasteiger partial charge on any atom is 0.247 e. The highest BCUT2D eigenvalue weighted by Gasteiger charge is 2.37. The van der Waals surface area contributed by atoms with Crippen molar-refractivity contribution in [3.8, 4) is 11.9 Å². The fourth-order valence-electron chi connectivity index (χ4n) is 3.23. The van der Waals surface area contributed by atoms with Gasteiger partial charge in [-0.3, -0.25) is 0 Å². The van der Waals surface area contributed by atoms with Crippen LogP contribution in [0.4, 0.5) is 0 Å². The van der Waals surface area contributed by atoms with Gasteiger partial charge in [0, 0.05) is 35.2 Å². The van der Waals surface area contributed by atoms with E-state index >= 15 is 0 Å². The van der Waals surface area contributed by atoms with Crippen LogP contribution in [0.5, 0.6) is 5.75 Å². The molecular weight excluding hydrogens is 466 g/mol. The summed E-state index contributed by atoms with van der Waals surface area (Å²) in [6.07, 6.45) is 2.68. The number of hydrogen-bond acceptors (Lipinski definition) is 5. The third-order valence-corrected chi connectivity index (χ3v) is 7.36. The average Bonchev–Trinajstić information content (AvgIpc) is 3.16. The monoisotopic (exact) mass is 483 g/mol. The fourth-order valence-corrected chi connectivity index (χ4v) is 5.55. The van der Waals surface area contributed by atoms with Crippen LogP contribution in [0.3, 0.4) is 0 Å². The van der Waals surface area contributed by atoms with Crippen LogP contribution in [0.15, 0.2) is 51.8 Å². The van der Waals surface area contributed by atoms with Crippen LogP contribution in [-0.2, 0) is 16.6 Å². The van der Waals surface area contributed by atoms with E-state index in [0.29, 0.717) is 24.5 Å². The molecule has 1 aliphatic rings. The van der Waals surface area contributed by atoms with Gasteiger partial charge in [-0.05, 0) is 42.3 Å². The number of nitriles is 1. The Morgan fingerprint density at radius 1 is 1.32 bits per heavy atom. The summed E-state index contributed by atoms with van der Waals surface area (Å²) in [6, 6.07) is 11.7. The molecule has 0 N–H and O–H groups in total. The number of methoxy groups -OCH3 is 1. The molecule has 0 unspecified atom stereocenters. The predicted octanol–water partition coefficient (Wildman–Crippen LogP) is 3.86. The molecule has 3 rings (SSSR count). The first kappa shape index (κ1) is 20.9. The van der Waals surface area contributed by atoms with Crippen LogP contribution >= 0.6 is 27.5 Å². The van der Waals surface area contributed by atoms with Gasteiger partial charge < -0.3 is 9.64 Å². The zero-order valence-corrected chi connectivity index (χ0v) is 18.3. The summed E-state index contributed by atoms with van der Waals surface area (Å²) in [5, 5.41) is 9.50. The first-order valence-electron chi connectivity index (χ1n) is 8.59. The number of nitrogens with zero attached hydrogens (tertiary/aromatic N) is 3. The van der Waals surface area contributed by atoms with E-state index in [1.54, 1.807) is 17.0 Å². The second kappa shape index (κ2) is 8.70. The van der Waals surface area contributed by atoms with Gasteiger partial charge in [-0.2, -0.15) is 9.57 Å². The van der Waals surface area contributed by atoms with Gasteiger partial charge in [-0.15, -0.1) is 0 Å². The summed E-state index contributed by atoms with van der Waals surface area (Å²) in [5.41, 5.74) is 0.850. The highest BCUT2D eigenvalue weighted by Crippen LogP contribution is 2.33. The van der Waals surface area contributed by atoms with Crippen molar-refractivity contribution < 1.29 is 13.2 Å². The molecule has 148 valence electrons. The van der Waals surface area contributed by atoms with Gasteiger partial charge in [0.1, 0.15) is 10.6 Å². The highest BCUT2D eigenvalue weighted by atomic mass is 79.9. The Hall–Kier alpha value is -1.79. The van der Waals surface area contributed by atoms with Gasteiger partial charge in [0.05, 0.1) is 7.11 Å². The lowest BCUT2D eigenvalue weighted by Gasteiger charge is -2.28. The average molecular weight is 485 g/mol. The van der Waals surface area contributed by atoms with E-state index in [1.165, 1.54) is 17.5 Å². The molecule has 1 aliphatic heterocycles. The number of likely N-dealkylation sites (tertiary alicyclic amines) is 1. The molecule has 0 aliphatic carbocycles.